The van der Waals surface area contributed by atoms with Crippen molar-refractivity contribution in [2.75, 3.05) is 23.3 Å². The molecule has 3 heterocycles. The topological polar surface area (TPSA) is 89.2 Å². The Morgan fingerprint density at radius 2 is 1.88 bits per heavy atom. The zero-order chi connectivity index (χ0) is 18.8. The Labute approximate surface area is 151 Å². The molecular formula is C18H23N5O3. The van der Waals surface area contributed by atoms with Crippen molar-refractivity contribution in [1.29, 1.82) is 0 Å². The maximum absolute atomic E-state index is 12.4. The molecule has 1 fully saturated rings. The Morgan fingerprint density at radius 3 is 2.50 bits per heavy atom. The van der Waals surface area contributed by atoms with E-state index in [4.69, 9.17) is 0 Å². The van der Waals surface area contributed by atoms with E-state index < -0.39 is 17.2 Å². The summed E-state index contributed by atoms with van der Waals surface area (Å²) in [7, 11) is 2.84. The number of hydrogen-bond acceptors (Lipinski definition) is 5. The SMILES string of the molecule is CC1CCN(c2ccc(NC(=O)c3cn(C)c(=O)n(C)c3=O)cn2)CC1. The van der Waals surface area contributed by atoms with Crippen LogP contribution in [-0.2, 0) is 14.1 Å². The van der Waals surface area contributed by atoms with E-state index in [0.29, 0.717) is 5.69 Å². The van der Waals surface area contributed by atoms with Gasteiger partial charge in [0, 0.05) is 33.4 Å². The lowest BCUT2D eigenvalue weighted by Gasteiger charge is -2.31. The second kappa shape index (κ2) is 7.15. The van der Waals surface area contributed by atoms with Crippen molar-refractivity contribution in [3.8, 4) is 0 Å². The molecule has 26 heavy (non-hydrogen) atoms. The third-order valence-electron chi connectivity index (χ3n) is 4.80. The molecule has 0 bridgehead atoms. The number of hydrogen-bond donors (Lipinski definition) is 1. The van der Waals surface area contributed by atoms with Gasteiger partial charge in [0.25, 0.3) is 11.5 Å². The molecule has 2 aromatic rings. The summed E-state index contributed by atoms with van der Waals surface area (Å²) < 4.78 is 2.11. The molecule has 1 amide bonds. The van der Waals surface area contributed by atoms with Gasteiger partial charge in [-0.25, -0.2) is 9.78 Å². The lowest BCUT2D eigenvalue weighted by molar-refractivity contribution is 0.102. The first-order valence-corrected chi connectivity index (χ1v) is 8.66. The van der Waals surface area contributed by atoms with Gasteiger partial charge >= 0.3 is 5.69 Å². The van der Waals surface area contributed by atoms with Crippen LogP contribution in [0.15, 0.2) is 34.1 Å². The third-order valence-corrected chi connectivity index (χ3v) is 4.80. The van der Waals surface area contributed by atoms with Gasteiger partial charge in [0.05, 0.1) is 11.9 Å². The summed E-state index contributed by atoms with van der Waals surface area (Å²) in [5.74, 6) is 1.06. The van der Waals surface area contributed by atoms with Crippen molar-refractivity contribution < 1.29 is 4.79 Å². The van der Waals surface area contributed by atoms with Crippen LogP contribution in [0.3, 0.4) is 0 Å². The van der Waals surface area contributed by atoms with E-state index in [9.17, 15) is 14.4 Å². The molecule has 138 valence electrons. The minimum Gasteiger partial charge on any atom is -0.357 e. The second-order valence-corrected chi connectivity index (χ2v) is 6.83. The number of amides is 1. The van der Waals surface area contributed by atoms with Crippen LogP contribution in [0, 0.1) is 5.92 Å². The second-order valence-electron chi connectivity index (χ2n) is 6.83. The van der Waals surface area contributed by atoms with Crippen LogP contribution in [0.25, 0.3) is 0 Å². The molecular weight excluding hydrogens is 334 g/mol. The number of rotatable bonds is 3. The van der Waals surface area contributed by atoms with Gasteiger partial charge in [0.1, 0.15) is 11.4 Å². The standard InChI is InChI=1S/C18H23N5O3/c1-12-6-8-23(9-7-12)15-5-4-13(10-19-15)20-16(24)14-11-21(2)18(26)22(3)17(14)25/h4-5,10-12H,6-9H2,1-3H3,(H,20,24). The van der Waals surface area contributed by atoms with Crippen molar-refractivity contribution in [1.82, 2.24) is 14.1 Å². The number of carbonyl (C=O) groups is 1. The molecule has 0 aromatic carbocycles. The van der Waals surface area contributed by atoms with Crippen LogP contribution in [0.5, 0.6) is 0 Å². The van der Waals surface area contributed by atoms with E-state index in [1.165, 1.54) is 24.9 Å². The van der Waals surface area contributed by atoms with Gasteiger partial charge < -0.3 is 14.8 Å². The molecule has 2 aromatic heterocycles. The molecule has 0 aliphatic carbocycles. The maximum atomic E-state index is 12.4. The smallest absolute Gasteiger partial charge is 0.330 e. The quantitative estimate of drug-likeness (QED) is 0.884. The van der Waals surface area contributed by atoms with Crippen molar-refractivity contribution in [2.45, 2.75) is 19.8 Å². The molecule has 0 saturated carbocycles. The summed E-state index contributed by atoms with van der Waals surface area (Å²) in [5.41, 5.74) is -0.699. The summed E-state index contributed by atoms with van der Waals surface area (Å²) in [6, 6.07) is 3.63. The van der Waals surface area contributed by atoms with Gasteiger partial charge in [-0.15, -0.1) is 0 Å². The zero-order valence-corrected chi connectivity index (χ0v) is 15.2. The minimum atomic E-state index is -0.627. The first-order valence-electron chi connectivity index (χ1n) is 8.66. The third kappa shape index (κ3) is 3.54. The number of aromatic nitrogens is 3. The van der Waals surface area contributed by atoms with Gasteiger partial charge in [-0.1, -0.05) is 6.92 Å². The van der Waals surface area contributed by atoms with Crippen LogP contribution < -0.4 is 21.5 Å². The average molecular weight is 357 g/mol. The predicted octanol–water partition coefficient (Wildman–Crippen LogP) is 0.968. The van der Waals surface area contributed by atoms with Gasteiger partial charge in [-0.2, -0.15) is 0 Å². The average Bonchev–Trinajstić information content (AvgIpc) is 2.64. The lowest BCUT2D eigenvalue weighted by atomic mass is 9.99. The minimum absolute atomic E-state index is 0.0938. The largest absolute Gasteiger partial charge is 0.357 e. The van der Waals surface area contributed by atoms with Crippen LogP contribution in [0.4, 0.5) is 11.5 Å². The first kappa shape index (κ1) is 17.9. The number of piperidine rings is 1. The number of aryl methyl sites for hydroxylation is 1. The number of pyridine rings is 1. The molecule has 8 heteroatoms. The molecule has 1 N–H and O–H groups in total. The normalized spacial score (nSPS) is 15.1. The summed E-state index contributed by atoms with van der Waals surface area (Å²) in [4.78, 5) is 42.9. The van der Waals surface area contributed by atoms with Crippen molar-refractivity contribution >= 4 is 17.4 Å². The highest BCUT2D eigenvalue weighted by atomic mass is 16.2. The van der Waals surface area contributed by atoms with Crippen molar-refractivity contribution in [2.24, 2.45) is 20.0 Å². The van der Waals surface area contributed by atoms with E-state index in [2.05, 4.69) is 22.1 Å². The number of carbonyl (C=O) groups excluding carboxylic acids is 1. The van der Waals surface area contributed by atoms with Crippen LogP contribution in [-0.4, -0.2) is 33.1 Å². The van der Waals surface area contributed by atoms with Crippen LogP contribution in [0.2, 0.25) is 0 Å². The Bertz CT molecular complexity index is 921. The van der Waals surface area contributed by atoms with Crippen molar-refractivity contribution in [3.63, 3.8) is 0 Å². The molecule has 0 atom stereocenters. The highest BCUT2D eigenvalue weighted by Gasteiger charge is 2.18. The number of nitrogens with one attached hydrogen (secondary N) is 1. The highest BCUT2D eigenvalue weighted by Crippen LogP contribution is 2.22. The lowest BCUT2D eigenvalue weighted by Crippen LogP contribution is -2.40. The summed E-state index contributed by atoms with van der Waals surface area (Å²) in [6.07, 6.45) is 5.13. The molecule has 0 radical (unpaired) electrons. The molecule has 1 aliphatic heterocycles. The van der Waals surface area contributed by atoms with Crippen LogP contribution in [0.1, 0.15) is 30.1 Å². The van der Waals surface area contributed by atoms with E-state index in [1.54, 1.807) is 12.3 Å². The van der Waals surface area contributed by atoms with Gasteiger partial charge in [0.2, 0.25) is 0 Å². The molecule has 3 rings (SSSR count). The maximum Gasteiger partial charge on any atom is 0.330 e. The Morgan fingerprint density at radius 1 is 1.19 bits per heavy atom. The fourth-order valence-electron chi connectivity index (χ4n) is 3.05. The molecule has 0 unspecified atom stereocenters. The van der Waals surface area contributed by atoms with Crippen LogP contribution >= 0.6 is 0 Å². The van der Waals surface area contributed by atoms with Gasteiger partial charge in [-0.3, -0.25) is 14.2 Å². The summed E-state index contributed by atoms with van der Waals surface area (Å²) in [6.45, 7) is 4.22. The monoisotopic (exact) mass is 357 g/mol. The fourth-order valence-corrected chi connectivity index (χ4v) is 3.05. The Kier molecular flexibility index (Phi) is 4.92. The molecule has 1 saturated heterocycles. The molecule has 0 spiro atoms. The number of anilines is 2. The molecule has 1 aliphatic rings. The Hall–Kier alpha value is -2.90. The van der Waals surface area contributed by atoms with Crippen molar-refractivity contribution in [3.05, 3.63) is 50.9 Å². The number of nitrogens with zero attached hydrogens (tertiary/aromatic N) is 4. The van der Waals surface area contributed by atoms with E-state index in [1.807, 2.05) is 6.07 Å². The predicted molar refractivity (Wildman–Crippen MR) is 99.7 cm³/mol. The van der Waals surface area contributed by atoms with E-state index in [0.717, 1.165) is 42.2 Å². The Balaban J connectivity index is 1.74. The van der Waals surface area contributed by atoms with E-state index in [-0.39, 0.29) is 5.56 Å². The highest BCUT2D eigenvalue weighted by molar-refractivity contribution is 6.03. The first-order chi connectivity index (χ1) is 12.4. The summed E-state index contributed by atoms with van der Waals surface area (Å²) in [5, 5.41) is 2.66. The summed E-state index contributed by atoms with van der Waals surface area (Å²) >= 11 is 0. The molecule has 8 nitrogen and oxygen atoms in total. The fraction of sp³-hybridized carbons (Fsp3) is 0.444. The zero-order valence-electron chi connectivity index (χ0n) is 15.2. The van der Waals surface area contributed by atoms with E-state index >= 15 is 0 Å². The van der Waals surface area contributed by atoms with Gasteiger partial charge in [-0.05, 0) is 30.9 Å². The van der Waals surface area contributed by atoms with Gasteiger partial charge in [0.15, 0.2) is 0 Å².